The molecule has 4 N–H and O–H groups in total. The van der Waals surface area contributed by atoms with Gasteiger partial charge in [-0.2, -0.15) is 5.10 Å². The molecule has 2 rings (SSSR count). The van der Waals surface area contributed by atoms with Crippen molar-refractivity contribution < 1.29 is 8.42 Å². The number of rotatable bonds is 4. The van der Waals surface area contributed by atoms with E-state index in [4.69, 9.17) is 5.73 Å². The van der Waals surface area contributed by atoms with E-state index in [0.29, 0.717) is 11.4 Å². The zero-order valence-electron chi connectivity index (χ0n) is 9.40. The van der Waals surface area contributed by atoms with Crippen molar-refractivity contribution >= 4 is 43.1 Å². The number of thiophene rings is 1. The highest BCUT2D eigenvalue weighted by molar-refractivity contribution is 9.11. The maximum absolute atomic E-state index is 12.1. The SMILES string of the molecule is Cc1sc(Br)cc1S(=O)(=O)NCc1cn[nH]c1N. The summed E-state index contributed by atoms with van der Waals surface area (Å²) in [5, 5.41) is 6.27. The summed E-state index contributed by atoms with van der Waals surface area (Å²) < 4.78 is 27.4. The lowest BCUT2D eigenvalue weighted by atomic mass is 10.3. The van der Waals surface area contributed by atoms with Crippen LogP contribution in [0.4, 0.5) is 5.82 Å². The molecule has 2 aromatic heterocycles. The first-order valence-electron chi connectivity index (χ1n) is 4.93. The highest BCUT2D eigenvalue weighted by atomic mass is 79.9. The van der Waals surface area contributed by atoms with Gasteiger partial charge >= 0.3 is 0 Å². The van der Waals surface area contributed by atoms with Gasteiger partial charge in [0.15, 0.2) is 0 Å². The fourth-order valence-corrected chi connectivity index (χ4v) is 4.83. The first-order valence-corrected chi connectivity index (χ1v) is 8.03. The number of nitrogens with two attached hydrogens (primary N) is 1. The lowest BCUT2D eigenvalue weighted by Crippen LogP contribution is -2.23. The van der Waals surface area contributed by atoms with Crippen molar-refractivity contribution in [3.8, 4) is 0 Å². The smallest absolute Gasteiger partial charge is 0.242 e. The largest absolute Gasteiger partial charge is 0.384 e. The van der Waals surface area contributed by atoms with Crippen LogP contribution in [-0.4, -0.2) is 18.6 Å². The van der Waals surface area contributed by atoms with Crippen LogP contribution in [0.3, 0.4) is 0 Å². The van der Waals surface area contributed by atoms with E-state index in [1.807, 2.05) is 0 Å². The first-order chi connectivity index (χ1) is 8.40. The summed E-state index contributed by atoms with van der Waals surface area (Å²) in [5.74, 6) is 0.362. The van der Waals surface area contributed by atoms with Gasteiger partial charge in [-0.15, -0.1) is 11.3 Å². The minimum absolute atomic E-state index is 0.109. The van der Waals surface area contributed by atoms with E-state index < -0.39 is 10.0 Å². The van der Waals surface area contributed by atoms with Crippen LogP contribution in [-0.2, 0) is 16.6 Å². The van der Waals surface area contributed by atoms with Crippen LogP contribution in [0.25, 0.3) is 0 Å². The highest BCUT2D eigenvalue weighted by Crippen LogP contribution is 2.29. The Morgan fingerprint density at radius 1 is 1.61 bits per heavy atom. The van der Waals surface area contributed by atoms with Gasteiger partial charge < -0.3 is 5.73 Å². The van der Waals surface area contributed by atoms with Gasteiger partial charge in [-0.1, -0.05) is 0 Å². The van der Waals surface area contributed by atoms with Gasteiger partial charge in [-0.25, -0.2) is 13.1 Å². The topological polar surface area (TPSA) is 101 Å². The van der Waals surface area contributed by atoms with E-state index in [1.165, 1.54) is 17.5 Å². The standard InChI is InChI=1S/C9H11BrN4O2S2/c1-5-7(2-8(10)17-5)18(15,16)13-4-6-3-12-14-9(6)11/h2-3,13H,4H2,1H3,(H3,11,12,14). The summed E-state index contributed by atoms with van der Waals surface area (Å²) in [5.41, 5.74) is 6.20. The quantitative estimate of drug-likeness (QED) is 0.779. The number of aryl methyl sites for hydroxylation is 1. The van der Waals surface area contributed by atoms with E-state index in [2.05, 4.69) is 30.8 Å². The Morgan fingerprint density at radius 3 is 2.83 bits per heavy atom. The van der Waals surface area contributed by atoms with Crippen molar-refractivity contribution in [2.75, 3.05) is 5.73 Å². The molecule has 0 aliphatic heterocycles. The number of halogens is 1. The van der Waals surface area contributed by atoms with E-state index in [-0.39, 0.29) is 11.4 Å². The molecule has 2 aromatic rings. The summed E-state index contributed by atoms with van der Waals surface area (Å²) in [4.78, 5) is 1.01. The Morgan fingerprint density at radius 2 is 2.33 bits per heavy atom. The third kappa shape index (κ3) is 2.74. The molecular weight excluding hydrogens is 340 g/mol. The van der Waals surface area contributed by atoms with Crippen molar-refractivity contribution in [1.29, 1.82) is 0 Å². The van der Waals surface area contributed by atoms with Crippen LogP contribution < -0.4 is 10.5 Å². The molecule has 6 nitrogen and oxygen atoms in total. The van der Waals surface area contributed by atoms with Crippen molar-refractivity contribution in [1.82, 2.24) is 14.9 Å². The number of hydrogen-bond donors (Lipinski definition) is 3. The highest BCUT2D eigenvalue weighted by Gasteiger charge is 2.19. The molecule has 0 fully saturated rings. The van der Waals surface area contributed by atoms with Crippen LogP contribution in [0.15, 0.2) is 20.9 Å². The molecule has 18 heavy (non-hydrogen) atoms. The number of sulfonamides is 1. The fraction of sp³-hybridized carbons (Fsp3) is 0.222. The van der Waals surface area contributed by atoms with Crippen LogP contribution in [0, 0.1) is 6.92 Å². The summed E-state index contributed by atoms with van der Waals surface area (Å²) in [7, 11) is -3.53. The molecule has 0 amide bonds. The lowest BCUT2D eigenvalue weighted by Gasteiger charge is -2.05. The van der Waals surface area contributed by atoms with E-state index in [0.717, 1.165) is 8.66 Å². The van der Waals surface area contributed by atoms with Crippen molar-refractivity contribution in [2.24, 2.45) is 0 Å². The molecule has 0 atom stereocenters. The number of nitrogens with zero attached hydrogens (tertiary/aromatic N) is 1. The summed E-state index contributed by atoms with van der Waals surface area (Å²) in [6.45, 7) is 1.87. The zero-order chi connectivity index (χ0) is 13.3. The molecule has 9 heteroatoms. The normalized spacial score (nSPS) is 11.9. The Hall–Kier alpha value is -0.900. The number of nitrogen functional groups attached to an aromatic ring is 1. The van der Waals surface area contributed by atoms with Crippen LogP contribution >= 0.6 is 27.3 Å². The van der Waals surface area contributed by atoms with Crippen molar-refractivity contribution in [2.45, 2.75) is 18.4 Å². The summed E-state index contributed by atoms with van der Waals surface area (Å²) >= 11 is 4.65. The average molecular weight is 351 g/mol. The number of hydrogen-bond acceptors (Lipinski definition) is 5. The molecular formula is C9H11BrN4O2S2. The van der Waals surface area contributed by atoms with Crippen LogP contribution in [0.5, 0.6) is 0 Å². The zero-order valence-corrected chi connectivity index (χ0v) is 12.6. The number of H-pyrrole nitrogens is 1. The number of nitrogens with one attached hydrogen (secondary N) is 2. The number of aromatic nitrogens is 2. The third-order valence-corrected chi connectivity index (χ3v) is 5.55. The van der Waals surface area contributed by atoms with Gasteiger partial charge in [-0.05, 0) is 28.9 Å². The molecule has 0 aliphatic rings. The second-order valence-corrected chi connectivity index (χ2v) is 7.98. The molecule has 2 heterocycles. The molecule has 0 saturated carbocycles. The Balaban J connectivity index is 2.18. The fourth-order valence-electron chi connectivity index (χ4n) is 1.41. The molecule has 0 aromatic carbocycles. The Labute approximate surface area is 117 Å². The van der Waals surface area contributed by atoms with Gasteiger partial charge in [0.25, 0.3) is 0 Å². The molecule has 0 saturated heterocycles. The van der Waals surface area contributed by atoms with Gasteiger partial charge in [0, 0.05) is 17.0 Å². The molecule has 98 valence electrons. The monoisotopic (exact) mass is 350 g/mol. The number of anilines is 1. The average Bonchev–Trinajstić information content (AvgIpc) is 2.82. The molecule has 0 spiro atoms. The second-order valence-electron chi connectivity index (χ2n) is 3.60. The van der Waals surface area contributed by atoms with Crippen molar-refractivity contribution in [3.63, 3.8) is 0 Å². The van der Waals surface area contributed by atoms with Gasteiger partial charge in [0.1, 0.15) is 5.82 Å². The third-order valence-electron chi connectivity index (χ3n) is 2.34. The van der Waals surface area contributed by atoms with Crippen LogP contribution in [0.2, 0.25) is 0 Å². The Kier molecular flexibility index (Phi) is 3.76. The van der Waals surface area contributed by atoms with Crippen LogP contribution in [0.1, 0.15) is 10.4 Å². The lowest BCUT2D eigenvalue weighted by molar-refractivity contribution is 0.581. The first kappa shape index (κ1) is 13.5. The second kappa shape index (κ2) is 5.00. The number of aromatic amines is 1. The van der Waals surface area contributed by atoms with Gasteiger partial charge in [-0.3, -0.25) is 5.10 Å². The summed E-state index contributed by atoms with van der Waals surface area (Å²) in [6.07, 6.45) is 1.49. The maximum Gasteiger partial charge on any atom is 0.242 e. The van der Waals surface area contributed by atoms with E-state index in [1.54, 1.807) is 13.0 Å². The predicted molar refractivity (Wildman–Crippen MR) is 73.8 cm³/mol. The molecule has 0 radical (unpaired) electrons. The molecule has 0 aliphatic carbocycles. The molecule has 0 bridgehead atoms. The van der Waals surface area contributed by atoms with Gasteiger partial charge in [0.2, 0.25) is 10.0 Å². The minimum atomic E-state index is -3.53. The minimum Gasteiger partial charge on any atom is -0.384 e. The summed E-state index contributed by atoms with van der Waals surface area (Å²) in [6, 6.07) is 1.58. The van der Waals surface area contributed by atoms with Crippen molar-refractivity contribution in [3.05, 3.63) is 26.5 Å². The van der Waals surface area contributed by atoms with E-state index in [9.17, 15) is 8.42 Å². The maximum atomic E-state index is 12.1. The van der Waals surface area contributed by atoms with E-state index >= 15 is 0 Å². The Bertz CT molecular complexity index is 662. The predicted octanol–water partition coefficient (Wildman–Crippen LogP) is 1.60. The van der Waals surface area contributed by atoms with Gasteiger partial charge in [0.05, 0.1) is 14.9 Å². The molecule has 0 unspecified atom stereocenters.